The van der Waals surface area contributed by atoms with Gasteiger partial charge in [-0.05, 0) is 42.0 Å². The Morgan fingerprint density at radius 2 is 1.63 bits per heavy atom. The van der Waals surface area contributed by atoms with Crippen LogP contribution in [0, 0.1) is 67.8 Å². The zero-order chi connectivity index (χ0) is 21.7. The van der Waals surface area contributed by atoms with E-state index in [2.05, 4.69) is 0 Å². The van der Waals surface area contributed by atoms with Gasteiger partial charge in [0.1, 0.15) is 17.7 Å². The monoisotopic (exact) mass is 404 g/mol. The Hall–Kier alpha value is -3.80. The third-order valence-electron chi connectivity index (χ3n) is 6.07. The van der Waals surface area contributed by atoms with Gasteiger partial charge in [0.05, 0.1) is 24.1 Å². The molecule has 0 radical (unpaired) electrons. The molecule has 2 saturated heterocycles. The summed E-state index contributed by atoms with van der Waals surface area (Å²) < 4.78 is 39.5. The number of rotatable bonds is 2. The maximum Gasteiger partial charge on any atom is 0.244 e. The Labute approximate surface area is 171 Å². The molecule has 6 nitrogen and oxygen atoms in total. The Kier molecular flexibility index (Phi) is 4.13. The fourth-order valence-corrected chi connectivity index (χ4v) is 4.52. The van der Waals surface area contributed by atoms with E-state index in [1.54, 1.807) is 6.92 Å². The van der Waals surface area contributed by atoms with Crippen molar-refractivity contribution in [3.05, 3.63) is 71.3 Å². The summed E-state index contributed by atoms with van der Waals surface area (Å²) in [5.74, 6) is -4.44. The molecule has 2 aromatic rings. The van der Waals surface area contributed by atoms with E-state index in [1.165, 1.54) is 42.5 Å². The van der Waals surface area contributed by atoms with Crippen LogP contribution in [0.4, 0.5) is 8.78 Å². The normalized spacial score (nSPS) is 31.1. The molecule has 2 aromatic carbocycles. The fraction of sp³-hybridized carbons (Fsp3) is 0.273. The lowest BCUT2D eigenvalue weighted by atomic mass is 9.53. The predicted octanol–water partition coefficient (Wildman–Crippen LogP) is 4.08. The van der Waals surface area contributed by atoms with Crippen LogP contribution < -0.4 is 0 Å². The van der Waals surface area contributed by atoms with Crippen molar-refractivity contribution in [3.63, 3.8) is 0 Å². The van der Waals surface area contributed by atoms with Gasteiger partial charge in [-0.15, -0.1) is 0 Å². The molecule has 30 heavy (non-hydrogen) atoms. The maximum absolute atomic E-state index is 14.0. The van der Waals surface area contributed by atoms with Crippen molar-refractivity contribution >= 4 is 5.90 Å². The minimum atomic E-state index is -2.19. The minimum absolute atomic E-state index is 0.148. The van der Waals surface area contributed by atoms with Crippen LogP contribution in [0.25, 0.3) is 0 Å². The number of nitrogens with zero attached hydrogens (tertiary/aromatic N) is 3. The van der Waals surface area contributed by atoms with Crippen LogP contribution in [0.3, 0.4) is 0 Å². The van der Waals surface area contributed by atoms with Crippen molar-refractivity contribution < 1.29 is 18.3 Å². The fourth-order valence-electron chi connectivity index (χ4n) is 4.52. The molecule has 1 N–H and O–H groups in total. The molecule has 0 aromatic heterocycles. The van der Waals surface area contributed by atoms with Gasteiger partial charge in [0.25, 0.3) is 0 Å². The zero-order valence-electron chi connectivity index (χ0n) is 15.7. The molecular formula is C22H14F2N4O2. The summed E-state index contributed by atoms with van der Waals surface area (Å²) in [5, 5.41) is 38.8. The SMILES string of the molecule is CC1C2(c3ccc(F)cc3)OC(=N)C1(C#N)C(C#N)(C#N)C(c1cccc(F)c1)O2. The smallest absolute Gasteiger partial charge is 0.244 e. The summed E-state index contributed by atoms with van der Waals surface area (Å²) in [6.45, 7) is 1.54. The van der Waals surface area contributed by atoms with E-state index < -0.39 is 46.2 Å². The zero-order valence-corrected chi connectivity index (χ0v) is 15.7. The Morgan fingerprint density at radius 3 is 2.20 bits per heavy atom. The third kappa shape index (κ3) is 2.13. The Balaban J connectivity index is 2.04. The van der Waals surface area contributed by atoms with Crippen molar-refractivity contribution in [2.45, 2.75) is 18.8 Å². The molecule has 4 unspecified atom stereocenters. The van der Waals surface area contributed by atoms with E-state index in [9.17, 15) is 24.6 Å². The van der Waals surface area contributed by atoms with Crippen LogP contribution in [0.1, 0.15) is 24.2 Å². The van der Waals surface area contributed by atoms with Crippen molar-refractivity contribution in [2.75, 3.05) is 0 Å². The maximum atomic E-state index is 14.0. The van der Waals surface area contributed by atoms with Crippen LogP contribution >= 0.6 is 0 Å². The quantitative estimate of drug-likeness (QED) is 0.810. The second kappa shape index (κ2) is 6.35. The largest absolute Gasteiger partial charge is 0.443 e. The summed E-state index contributed by atoms with van der Waals surface area (Å²) in [7, 11) is 0. The minimum Gasteiger partial charge on any atom is -0.443 e. The number of ether oxygens (including phenoxy) is 2. The first-order valence-electron chi connectivity index (χ1n) is 9.02. The van der Waals surface area contributed by atoms with Crippen molar-refractivity contribution in [2.24, 2.45) is 16.7 Å². The van der Waals surface area contributed by atoms with Gasteiger partial charge in [-0.2, -0.15) is 15.8 Å². The van der Waals surface area contributed by atoms with Crippen LogP contribution in [0.15, 0.2) is 48.5 Å². The Bertz CT molecular complexity index is 1160. The molecule has 2 fully saturated rings. The molecule has 4 rings (SSSR count). The average molecular weight is 404 g/mol. The van der Waals surface area contributed by atoms with Crippen molar-refractivity contribution in [3.8, 4) is 18.2 Å². The van der Waals surface area contributed by atoms with E-state index in [4.69, 9.17) is 14.9 Å². The predicted molar refractivity (Wildman–Crippen MR) is 98.0 cm³/mol. The summed E-state index contributed by atoms with van der Waals surface area (Å²) in [5.41, 5.74) is -3.73. The van der Waals surface area contributed by atoms with E-state index in [0.717, 1.165) is 6.07 Å². The first kappa shape index (κ1) is 19.5. The molecule has 0 aliphatic carbocycles. The number of hydrogen-bond acceptors (Lipinski definition) is 6. The van der Waals surface area contributed by atoms with E-state index in [-0.39, 0.29) is 5.56 Å². The summed E-state index contributed by atoms with van der Waals surface area (Å²) in [4.78, 5) is 0. The number of fused-ring (bicyclic) bond motifs is 2. The summed E-state index contributed by atoms with van der Waals surface area (Å²) in [6.07, 6.45) is -1.41. The van der Waals surface area contributed by atoms with E-state index >= 15 is 0 Å². The molecule has 8 heteroatoms. The molecule has 2 heterocycles. The van der Waals surface area contributed by atoms with Gasteiger partial charge < -0.3 is 9.47 Å². The number of hydrogen-bond donors (Lipinski definition) is 1. The molecule has 2 bridgehead atoms. The average Bonchev–Trinajstić information content (AvgIpc) is 2.90. The first-order chi connectivity index (χ1) is 14.3. The van der Waals surface area contributed by atoms with Gasteiger partial charge in [0.15, 0.2) is 5.41 Å². The lowest BCUT2D eigenvalue weighted by molar-refractivity contribution is -0.288. The van der Waals surface area contributed by atoms with Gasteiger partial charge in [-0.1, -0.05) is 19.1 Å². The highest BCUT2D eigenvalue weighted by Gasteiger charge is 2.79. The highest BCUT2D eigenvalue weighted by molar-refractivity contribution is 5.89. The summed E-state index contributed by atoms with van der Waals surface area (Å²) >= 11 is 0. The van der Waals surface area contributed by atoms with Crippen LogP contribution in [0.5, 0.6) is 0 Å². The van der Waals surface area contributed by atoms with Crippen LogP contribution in [0.2, 0.25) is 0 Å². The van der Waals surface area contributed by atoms with E-state index in [0.29, 0.717) is 5.56 Å². The lowest BCUT2D eigenvalue weighted by Crippen LogP contribution is -2.57. The van der Waals surface area contributed by atoms with Crippen molar-refractivity contribution in [1.29, 1.82) is 21.2 Å². The van der Waals surface area contributed by atoms with Crippen molar-refractivity contribution in [1.82, 2.24) is 0 Å². The number of benzene rings is 2. The van der Waals surface area contributed by atoms with E-state index in [1.807, 2.05) is 18.2 Å². The molecule has 4 atom stereocenters. The molecule has 0 saturated carbocycles. The van der Waals surface area contributed by atoms with Gasteiger partial charge in [0, 0.05) is 5.56 Å². The second-order valence-electron chi connectivity index (χ2n) is 7.33. The van der Waals surface area contributed by atoms with Gasteiger partial charge >= 0.3 is 0 Å². The highest BCUT2D eigenvalue weighted by atomic mass is 19.1. The molecule has 0 spiro atoms. The third-order valence-corrected chi connectivity index (χ3v) is 6.07. The van der Waals surface area contributed by atoms with Gasteiger partial charge in [0.2, 0.25) is 17.1 Å². The van der Waals surface area contributed by atoms with Crippen LogP contribution in [-0.2, 0) is 15.3 Å². The molecule has 148 valence electrons. The first-order valence-corrected chi connectivity index (χ1v) is 9.02. The number of nitriles is 3. The van der Waals surface area contributed by atoms with Crippen LogP contribution in [-0.4, -0.2) is 5.90 Å². The van der Waals surface area contributed by atoms with Gasteiger partial charge in [-0.25, -0.2) is 8.78 Å². The summed E-state index contributed by atoms with van der Waals surface area (Å²) in [6, 6.07) is 16.0. The second-order valence-corrected chi connectivity index (χ2v) is 7.33. The molecule has 2 aliphatic heterocycles. The van der Waals surface area contributed by atoms with Gasteiger partial charge in [-0.3, -0.25) is 5.41 Å². The Morgan fingerprint density at radius 1 is 0.967 bits per heavy atom. The standard InChI is InChI=1S/C22H14F2N4O2/c1-13-21(12-27)19(28)30-22(13,15-5-7-16(23)8-6-15)29-18(20(21,10-25)11-26)14-3-2-4-17(24)9-14/h2-9,13,18,28H,1H3. The highest BCUT2D eigenvalue weighted by Crippen LogP contribution is 2.68. The molecule has 2 aliphatic rings. The number of nitrogens with one attached hydrogen (secondary N) is 1. The topological polar surface area (TPSA) is 114 Å². The molecule has 0 amide bonds. The lowest BCUT2D eigenvalue weighted by Gasteiger charge is -2.48. The molecular weight excluding hydrogens is 390 g/mol. The number of halogens is 2.